The van der Waals surface area contributed by atoms with Crippen LogP contribution in [-0.4, -0.2) is 34.9 Å². The molecule has 0 aromatic carbocycles. The first-order valence-electron chi connectivity index (χ1n) is 11.6. The number of carbonyl (C=O) groups is 2. The summed E-state index contributed by atoms with van der Waals surface area (Å²) in [5.74, 6) is -1.81. The molecule has 0 heterocycles. The molecule has 0 rings (SSSR count). The second-order valence-corrected chi connectivity index (χ2v) is 8.23. The maximum absolute atomic E-state index is 12.1. The molecule has 1 atom stereocenters. The van der Waals surface area contributed by atoms with Gasteiger partial charge in [0, 0.05) is 5.57 Å². The Morgan fingerprint density at radius 1 is 0.759 bits per heavy atom. The van der Waals surface area contributed by atoms with E-state index in [-0.39, 0.29) is 0 Å². The van der Waals surface area contributed by atoms with Gasteiger partial charge in [-0.2, -0.15) is 0 Å². The SMILES string of the molecule is CCCCCCCCCCCCCCCCC(C(=O)OC(=O)C(O)CO)=C(C)C. The predicted octanol–water partition coefficient (Wildman–Crippen LogP) is 5.62. The van der Waals surface area contributed by atoms with E-state index < -0.39 is 24.6 Å². The molecule has 0 aliphatic carbocycles. The zero-order valence-corrected chi connectivity index (χ0v) is 19.0. The Balaban J connectivity index is 3.75. The molecule has 2 N–H and O–H groups in total. The van der Waals surface area contributed by atoms with Crippen molar-refractivity contribution in [2.45, 2.75) is 123 Å². The molecule has 1 unspecified atom stereocenters. The smallest absolute Gasteiger partial charge is 0.345 e. The standard InChI is InChI=1S/C24H44O5/c1-4-5-6-7-8-9-10-11-12-13-14-15-16-17-18-21(20(2)3)23(27)29-24(28)22(26)19-25/h22,25-26H,4-19H2,1-3H3. The van der Waals surface area contributed by atoms with E-state index in [4.69, 9.17) is 5.11 Å². The summed E-state index contributed by atoms with van der Waals surface area (Å²) in [6.07, 6.45) is 16.8. The van der Waals surface area contributed by atoms with Crippen LogP contribution in [0.3, 0.4) is 0 Å². The predicted molar refractivity (Wildman–Crippen MR) is 117 cm³/mol. The zero-order chi connectivity index (χ0) is 21.9. The van der Waals surface area contributed by atoms with Crippen molar-refractivity contribution in [3.63, 3.8) is 0 Å². The zero-order valence-electron chi connectivity index (χ0n) is 19.0. The summed E-state index contributed by atoms with van der Waals surface area (Å²) in [7, 11) is 0. The first-order chi connectivity index (χ1) is 13.9. The van der Waals surface area contributed by atoms with Crippen molar-refractivity contribution in [2.24, 2.45) is 0 Å². The van der Waals surface area contributed by atoms with Crippen LogP contribution in [0.4, 0.5) is 0 Å². The highest BCUT2D eigenvalue weighted by molar-refractivity contribution is 5.97. The summed E-state index contributed by atoms with van der Waals surface area (Å²) in [4.78, 5) is 23.5. The molecule has 5 nitrogen and oxygen atoms in total. The molecule has 0 aromatic heterocycles. The fourth-order valence-corrected chi connectivity index (χ4v) is 3.35. The highest BCUT2D eigenvalue weighted by Gasteiger charge is 2.22. The van der Waals surface area contributed by atoms with Crippen LogP contribution in [0.25, 0.3) is 0 Å². The third kappa shape index (κ3) is 15.3. The number of hydrogen-bond donors (Lipinski definition) is 2. The van der Waals surface area contributed by atoms with E-state index in [1.807, 2.05) is 13.8 Å². The Morgan fingerprint density at radius 2 is 1.17 bits per heavy atom. The largest absolute Gasteiger partial charge is 0.393 e. The van der Waals surface area contributed by atoms with Gasteiger partial charge < -0.3 is 14.9 Å². The highest BCUT2D eigenvalue weighted by atomic mass is 16.6. The van der Waals surface area contributed by atoms with Crippen LogP contribution in [0, 0.1) is 0 Å². The Kier molecular flexibility index (Phi) is 18.0. The minimum absolute atomic E-state index is 0.488. The van der Waals surface area contributed by atoms with E-state index in [9.17, 15) is 14.7 Å². The average Bonchev–Trinajstić information content (AvgIpc) is 2.69. The molecule has 0 aromatic rings. The average molecular weight is 413 g/mol. The molecule has 0 saturated carbocycles. The minimum Gasteiger partial charge on any atom is -0.393 e. The molecule has 0 saturated heterocycles. The Bertz CT molecular complexity index is 466. The van der Waals surface area contributed by atoms with E-state index >= 15 is 0 Å². The Labute approximate surface area is 177 Å². The number of carbonyl (C=O) groups excluding carboxylic acids is 2. The lowest BCUT2D eigenvalue weighted by atomic mass is 10.0. The van der Waals surface area contributed by atoms with E-state index in [1.165, 1.54) is 70.6 Å². The summed E-state index contributed by atoms with van der Waals surface area (Å²) in [5.41, 5.74) is 1.30. The van der Waals surface area contributed by atoms with Crippen molar-refractivity contribution in [3.8, 4) is 0 Å². The molecule has 0 aliphatic rings. The topological polar surface area (TPSA) is 83.8 Å². The van der Waals surface area contributed by atoms with Crippen molar-refractivity contribution in [2.75, 3.05) is 6.61 Å². The van der Waals surface area contributed by atoms with Crippen LogP contribution >= 0.6 is 0 Å². The Morgan fingerprint density at radius 3 is 1.55 bits per heavy atom. The van der Waals surface area contributed by atoms with Crippen molar-refractivity contribution in [1.82, 2.24) is 0 Å². The number of hydrogen-bond acceptors (Lipinski definition) is 5. The molecule has 0 radical (unpaired) electrons. The summed E-state index contributed by atoms with van der Waals surface area (Å²) >= 11 is 0. The molecule has 0 bridgehead atoms. The van der Waals surface area contributed by atoms with Crippen LogP contribution in [-0.2, 0) is 14.3 Å². The van der Waals surface area contributed by atoms with Gasteiger partial charge in [-0.15, -0.1) is 0 Å². The first-order valence-corrected chi connectivity index (χ1v) is 11.6. The molecule has 0 spiro atoms. The molecular formula is C24H44O5. The number of aliphatic hydroxyl groups is 2. The monoisotopic (exact) mass is 412 g/mol. The molecule has 29 heavy (non-hydrogen) atoms. The number of rotatable bonds is 18. The third-order valence-corrected chi connectivity index (χ3v) is 5.27. The van der Waals surface area contributed by atoms with E-state index in [1.54, 1.807) is 0 Å². The van der Waals surface area contributed by atoms with Gasteiger partial charge in [-0.3, -0.25) is 0 Å². The highest BCUT2D eigenvalue weighted by Crippen LogP contribution is 2.18. The number of esters is 2. The first kappa shape index (κ1) is 27.8. The molecule has 5 heteroatoms. The van der Waals surface area contributed by atoms with Crippen LogP contribution in [0.5, 0.6) is 0 Å². The van der Waals surface area contributed by atoms with Crippen LogP contribution in [0.15, 0.2) is 11.1 Å². The normalized spacial score (nSPS) is 11.9. The van der Waals surface area contributed by atoms with E-state index in [2.05, 4.69) is 11.7 Å². The van der Waals surface area contributed by atoms with Crippen molar-refractivity contribution >= 4 is 11.9 Å². The molecule has 0 aliphatic heterocycles. The van der Waals surface area contributed by atoms with Gasteiger partial charge in [0.05, 0.1) is 6.61 Å². The van der Waals surface area contributed by atoms with Gasteiger partial charge in [-0.25, -0.2) is 9.59 Å². The number of unbranched alkanes of at least 4 members (excludes halogenated alkanes) is 13. The van der Waals surface area contributed by atoms with Gasteiger partial charge in [0.1, 0.15) is 0 Å². The lowest BCUT2D eigenvalue weighted by Crippen LogP contribution is -2.29. The van der Waals surface area contributed by atoms with Gasteiger partial charge in [0.2, 0.25) is 0 Å². The molecule has 0 fully saturated rings. The van der Waals surface area contributed by atoms with E-state index in [0.29, 0.717) is 12.0 Å². The number of allylic oxidation sites excluding steroid dienone is 1. The summed E-state index contributed by atoms with van der Waals surface area (Å²) in [6, 6.07) is 0. The van der Waals surface area contributed by atoms with E-state index in [0.717, 1.165) is 24.8 Å². The van der Waals surface area contributed by atoms with Crippen molar-refractivity contribution in [1.29, 1.82) is 0 Å². The quantitative estimate of drug-likeness (QED) is 0.132. The lowest BCUT2D eigenvalue weighted by molar-refractivity contribution is -0.164. The van der Waals surface area contributed by atoms with Crippen LogP contribution in [0.1, 0.15) is 117 Å². The maximum atomic E-state index is 12.1. The number of aliphatic hydroxyl groups excluding tert-OH is 2. The third-order valence-electron chi connectivity index (χ3n) is 5.27. The lowest BCUT2D eigenvalue weighted by Gasteiger charge is -2.11. The van der Waals surface area contributed by atoms with Gasteiger partial charge >= 0.3 is 11.9 Å². The van der Waals surface area contributed by atoms with Gasteiger partial charge in [0.25, 0.3) is 0 Å². The fourth-order valence-electron chi connectivity index (χ4n) is 3.35. The summed E-state index contributed by atoms with van der Waals surface area (Å²) < 4.78 is 4.65. The molecule has 0 amide bonds. The minimum atomic E-state index is -1.67. The maximum Gasteiger partial charge on any atom is 0.345 e. The summed E-state index contributed by atoms with van der Waals surface area (Å²) in [5, 5.41) is 17.9. The molecular weight excluding hydrogens is 368 g/mol. The van der Waals surface area contributed by atoms with Crippen molar-refractivity contribution < 1.29 is 24.5 Å². The fraction of sp³-hybridized carbons (Fsp3) is 0.833. The van der Waals surface area contributed by atoms with Gasteiger partial charge in [-0.05, 0) is 26.7 Å². The van der Waals surface area contributed by atoms with Crippen LogP contribution in [0.2, 0.25) is 0 Å². The van der Waals surface area contributed by atoms with Gasteiger partial charge in [0.15, 0.2) is 6.10 Å². The second-order valence-electron chi connectivity index (χ2n) is 8.23. The van der Waals surface area contributed by atoms with Gasteiger partial charge in [-0.1, -0.05) is 96.0 Å². The Hall–Kier alpha value is -1.20. The molecule has 170 valence electrons. The second kappa shape index (κ2) is 18.8. The van der Waals surface area contributed by atoms with Crippen molar-refractivity contribution in [3.05, 3.63) is 11.1 Å². The number of ether oxygens (including phenoxy) is 1. The van der Waals surface area contributed by atoms with Crippen LogP contribution < -0.4 is 0 Å². The summed E-state index contributed by atoms with van der Waals surface area (Å²) in [6.45, 7) is 5.12.